The number of oxime groups is 1. The van der Waals surface area contributed by atoms with Crippen LogP contribution in [0.25, 0.3) is 0 Å². The Kier molecular flexibility index (Phi) is 6.26. The number of likely N-dealkylation sites (tertiary alicyclic amines) is 1. The molecule has 1 fully saturated rings. The molecular weight excluding hydrogens is 256 g/mol. The van der Waals surface area contributed by atoms with Crippen molar-refractivity contribution in [3.63, 3.8) is 0 Å². The standard InChI is InChI=1S/C14H28N4O2/c1-4-14(2,12(15)17-20)13(19)16-8-5-11-6-9-18(3)10-7-11/h11,20H,4-10H2,1-3H3,(H2,15,17)(H,16,19). The molecule has 1 atom stereocenters. The van der Waals surface area contributed by atoms with E-state index in [2.05, 4.69) is 22.4 Å². The Morgan fingerprint density at radius 2 is 2.10 bits per heavy atom. The second-order valence-corrected chi connectivity index (χ2v) is 5.96. The maximum Gasteiger partial charge on any atom is 0.233 e. The fourth-order valence-electron chi connectivity index (χ4n) is 2.50. The van der Waals surface area contributed by atoms with E-state index in [0.29, 0.717) is 18.9 Å². The van der Waals surface area contributed by atoms with Gasteiger partial charge in [-0.05, 0) is 58.7 Å². The van der Waals surface area contributed by atoms with Crippen molar-refractivity contribution in [2.45, 2.75) is 39.5 Å². The van der Waals surface area contributed by atoms with E-state index in [9.17, 15) is 4.79 Å². The fourth-order valence-corrected chi connectivity index (χ4v) is 2.50. The van der Waals surface area contributed by atoms with Gasteiger partial charge in [0.1, 0.15) is 5.41 Å². The molecule has 0 aromatic rings. The van der Waals surface area contributed by atoms with Crippen molar-refractivity contribution >= 4 is 11.7 Å². The average molecular weight is 284 g/mol. The van der Waals surface area contributed by atoms with Crippen LogP contribution < -0.4 is 11.1 Å². The Morgan fingerprint density at radius 3 is 2.60 bits per heavy atom. The van der Waals surface area contributed by atoms with Gasteiger partial charge in [0.2, 0.25) is 5.91 Å². The van der Waals surface area contributed by atoms with Crippen LogP contribution in [-0.2, 0) is 4.79 Å². The number of piperidine rings is 1. The van der Waals surface area contributed by atoms with Crippen molar-refractivity contribution in [1.29, 1.82) is 0 Å². The van der Waals surface area contributed by atoms with Crippen molar-refractivity contribution in [3.05, 3.63) is 0 Å². The second-order valence-electron chi connectivity index (χ2n) is 5.96. The first kappa shape index (κ1) is 16.8. The average Bonchev–Trinajstić information content (AvgIpc) is 2.47. The molecule has 0 aromatic carbocycles. The second kappa shape index (κ2) is 7.47. The Hall–Kier alpha value is -1.30. The lowest BCUT2D eigenvalue weighted by atomic mass is 9.85. The summed E-state index contributed by atoms with van der Waals surface area (Å²) >= 11 is 0. The minimum absolute atomic E-state index is 0.0307. The van der Waals surface area contributed by atoms with E-state index in [0.717, 1.165) is 19.5 Å². The lowest BCUT2D eigenvalue weighted by Gasteiger charge is -2.29. The molecule has 1 aliphatic heterocycles. The first-order chi connectivity index (χ1) is 9.43. The molecule has 6 heteroatoms. The maximum absolute atomic E-state index is 12.2. The number of nitrogens with two attached hydrogens (primary N) is 1. The van der Waals surface area contributed by atoms with Gasteiger partial charge >= 0.3 is 0 Å². The van der Waals surface area contributed by atoms with Crippen LogP contribution in [-0.4, -0.2) is 48.5 Å². The van der Waals surface area contributed by atoms with Gasteiger partial charge in [-0.15, -0.1) is 0 Å². The molecule has 1 saturated heterocycles. The summed E-state index contributed by atoms with van der Waals surface area (Å²) in [5, 5.41) is 14.7. The van der Waals surface area contributed by atoms with Gasteiger partial charge in [-0.25, -0.2) is 0 Å². The van der Waals surface area contributed by atoms with Gasteiger partial charge in [-0.2, -0.15) is 0 Å². The Bertz CT molecular complexity index is 351. The zero-order valence-electron chi connectivity index (χ0n) is 12.9. The number of carbonyl (C=O) groups excluding carboxylic acids is 1. The number of rotatable bonds is 6. The van der Waals surface area contributed by atoms with Crippen LogP contribution in [0.15, 0.2) is 5.16 Å². The minimum atomic E-state index is -0.929. The van der Waals surface area contributed by atoms with E-state index in [1.54, 1.807) is 6.92 Å². The fraction of sp³-hybridized carbons (Fsp3) is 0.857. The highest BCUT2D eigenvalue weighted by atomic mass is 16.4. The molecule has 0 radical (unpaired) electrons. The highest BCUT2D eigenvalue weighted by Gasteiger charge is 2.36. The van der Waals surface area contributed by atoms with Crippen molar-refractivity contribution in [3.8, 4) is 0 Å². The van der Waals surface area contributed by atoms with Crippen LogP contribution in [0.3, 0.4) is 0 Å². The Balaban J connectivity index is 2.39. The first-order valence-corrected chi connectivity index (χ1v) is 7.39. The zero-order chi connectivity index (χ0) is 15.2. The van der Waals surface area contributed by atoms with Crippen molar-refractivity contribution in [2.24, 2.45) is 22.2 Å². The van der Waals surface area contributed by atoms with Gasteiger partial charge in [0.05, 0.1) is 0 Å². The molecule has 1 rings (SSSR count). The summed E-state index contributed by atoms with van der Waals surface area (Å²) in [5.41, 5.74) is 4.70. The highest BCUT2D eigenvalue weighted by molar-refractivity contribution is 6.06. The number of carbonyl (C=O) groups is 1. The molecule has 0 aromatic heterocycles. The highest BCUT2D eigenvalue weighted by Crippen LogP contribution is 2.22. The van der Waals surface area contributed by atoms with Crippen LogP contribution in [0.4, 0.5) is 0 Å². The molecule has 1 aliphatic rings. The summed E-state index contributed by atoms with van der Waals surface area (Å²) in [6.45, 7) is 6.48. The number of nitrogens with one attached hydrogen (secondary N) is 1. The zero-order valence-corrected chi connectivity index (χ0v) is 12.9. The minimum Gasteiger partial charge on any atom is -0.409 e. The van der Waals surface area contributed by atoms with Crippen LogP contribution >= 0.6 is 0 Å². The topological polar surface area (TPSA) is 91.0 Å². The summed E-state index contributed by atoms with van der Waals surface area (Å²) in [6.07, 6.45) is 3.88. The smallest absolute Gasteiger partial charge is 0.233 e. The molecule has 0 bridgehead atoms. The van der Waals surface area contributed by atoms with Crippen molar-refractivity contribution in [2.75, 3.05) is 26.7 Å². The SMILES string of the molecule is CCC(C)(C(=O)NCCC1CCN(C)CC1)C(N)=NO. The predicted molar refractivity (Wildman–Crippen MR) is 79.7 cm³/mol. The summed E-state index contributed by atoms with van der Waals surface area (Å²) in [5.74, 6) is 0.489. The quantitative estimate of drug-likeness (QED) is 0.294. The molecule has 1 amide bonds. The van der Waals surface area contributed by atoms with E-state index < -0.39 is 5.41 Å². The molecular formula is C14H28N4O2. The Labute approximate surface area is 121 Å². The molecule has 20 heavy (non-hydrogen) atoms. The van der Waals surface area contributed by atoms with Gasteiger partial charge in [-0.3, -0.25) is 4.79 Å². The summed E-state index contributed by atoms with van der Waals surface area (Å²) in [4.78, 5) is 14.5. The maximum atomic E-state index is 12.2. The molecule has 4 N–H and O–H groups in total. The Morgan fingerprint density at radius 1 is 1.50 bits per heavy atom. The van der Waals surface area contributed by atoms with Crippen molar-refractivity contribution in [1.82, 2.24) is 10.2 Å². The van der Waals surface area contributed by atoms with Gasteiger partial charge in [-0.1, -0.05) is 12.1 Å². The summed E-state index contributed by atoms with van der Waals surface area (Å²) < 4.78 is 0. The van der Waals surface area contributed by atoms with Gasteiger partial charge in [0.25, 0.3) is 0 Å². The largest absolute Gasteiger partial charge is 0.409 e. The predicted octanol–water partition coefficient (Wildman–Crippen LogP) is 0.997. The van der Waals surface area contributed by atoms with Crippen LogP contribution in [0.1, 0.15) is 39.5 Å². The van der Waals surface area contributed by atoms with Crippen LogP contribution in [0, 0.1) is 11.3 Å². The third-order valence-electron chi connectivity index (χ3n) is 4.56. The normalized spacial score (nSPS) is 21.4. The van der Waals surface area contributed by atoms with E-state index in [-0.39, 0.29) is 11.7 Å². The number of amides is 1. The molecule has 0 aliphatic carbocycles. The lowest BCUT2D eigenvalue weighted by molar-refractivity contribution is -0.127. The van der Waals surface area contributed by atoms with Gasteiger partial charge in [0, 0.05) is 6.54 Å². The van der Waals surface area contributed by atoms with Crippen LogP contribution in [0.5, 0.6) is 0 Å². The molecule has 1 heterocycles. The van der Waals surface area contributed by atoms with E-state index in [1.165, 1.54) is 12.8 Å². The molecule has 0 saturated carbocycles. The van der Waals surface area contributed by atoms with E-state index in [1.807, 2.05) is 6.92 Å². The van der Waals surface area contributed by atoms with Crippen molar-refractivity contribution < 1.29 is 10.0 Å². The summed E-state index contributed by atoms with van der Waals surface area (Å²) in [6, 6.07) is 0. The van der Waals surface area contributed by atoms with Gasteiger partial charge in [0.15, 0.2) is 5.84 Å². The molecule has 116 valence electrons. The molecule has 1 unspecified atom stereocenters. The molecule has 0 spiro atoms. The van der Waals surface area contributed by atoms with E-state index >= 15 is 0 Å². The van der Waals surface area contributed by atoms with Crippen LogP contribution in [0.2, 0.25) is 0 Å². The molecule has 6 nitrogen and oxygen atoms in total. The first-order valence-electron chi connectivity index (χ1n) is 7.39. The number of amidine groups is 1. The number of hydrogen-bond acceptors (Lipinski definition) is 4. The third kappa shape index (κ3) is 4.10. The third-order valence-corrected chi connectivity index (χ3v) is 4.56. The number of nitrogens with zero attached hydrogens (tertiary/aromatic N) is 2. The van der Waals surface area contributed by atoms with E-state index in [4.69, 9.17) is 10.9 Å². The number of hydrogen-bond donors (Lipinski definition) is 3. The lowest BCUT2D eigenvalue weighted by Crippen LogP contribution is -2.48. The monoisotopic (exact) mass is 284 g/mol. The van der Waals surface area contributed by atoms with Gasteiger partial charge < -0.3 is 21.2 Å². The summed E-state index contributed by atoms with van der Waals surface area (Å²) in [7, 11) is 2.14.